The van der Waals surface area contributed by atoms with Crippen molar-refractivity contribution < 1.29 is 14.6 Å². The Labute approximate surface area is 186 Å². The molecule has 0 atom stereocenters. The lowest BCUT2D eigenvalue weighted by Crippen LogP contribution is -3.21. The number of rotatable bonds is 6. The molecule has 1 aromatic carbocycles. The highest BCUT2D eigenvalue weighted by atomic mass is 16.2. The fourth-order valence-electron chi connectivity index (χ4n) is 5.09. The summed E-state index contributed by atoms with van der Waals surface area (Å²) in [6.07, 6.45) is 6.55. The van der Waals surface area contributed by atoms with Gasteiger partial charge in [-0.25, -0.2) is 0 Å². The topological polar surface area (TPSA) is 34.1 Å². The quantitative estimate of drug-likeness (QED) is 0.665. The average molecular weight is 423 g/mol. The molecule has 2 aliphatic rings. The molecule has 5 heteroatoms. The van der Waals surface area contributed by atoms with Crippen LogP contribution < -0.4 is 9.80 Å². The van der Waals surface area contributed by atoms with E-state index in [1.165, 1.54) is 61.7 Å². The van der Waals surface area contributed by atoms with E-state index in [0.717, 1.165) is 31.7 Å². The van der Waals surface area contributed by atoms with Gasteiger partial charge in [0, 0.05) is 36.0 Å². The molecular weight excluding hydrogens is 384 g/mol. The molecule has 2 N–H and O–H groups in total. The first-order chi connectivity index (χ1) is 15.0. The third-order valence-corrected chi connectivity index (χ3v) is 7.09. The highest BCUT2D eigenvalue weighted by Crippen LogP contribution is 2.22. The minimum Gasteiger partial charge on any atom is -0.330 e. The first-order valence-electron chi connectivity index (χ1n) is 11.9. The number of piperazine rings is 1. The third kappa shape index (κ3) is 5.28. The number of hydrogen-bond acceptors (Lipinski definition) is 1. The van der Waals surface area contributed by atoms with Gasteiger partial charge in [0.1, 0.15) is 13.1 Å². The molecule has 1 amide bonds. The zero-order chi connectivity index (χ0) is 21.8. The first-order valence-corrected chi connectivity index (χ1v) is 11.9. The van der Waals surface area contributed by atoms with Crippen LogP contribution in [0.4, 0.5) is 0 Å². The van der Waals surface area contributed by atoms with Crippen molar-refractivity contribution in [1.82, 2.24) is 9.47 Å². The van der Waals surface area contributed by atoms with E-state index in [1.54, 1.807) is 15.9 Å². The Balaban J connectivity index is 1.32. The van der Waals surface area contributed by atoms with Crippen molar-refractivity contribution in [3.8, 4) is 5.69 Å². The molecule has 2 aromatic rings. The second kappa shape index (κ2) is 9.84. The van der Waals surface area contributed by atoms with E-state index in [4.69, 9.17) is 0 Å². The van der Waals surface area contributed by atoms with Crippen LogP contribution in [0.3, 0.4) is 0 Å². The van der Waals surface area contributed by atoms with Gasteiger partial charge in [0.05, 0.1) is 39.3 Å². The number of carbonyl (C=O) groups is 1. The molecule has 2 saturated heterocycles. The van der Waals surface area contributed by atoms with Crippen LogP contribution in [0.1, 0.15) is 35.4 Å². The maximum absolute atomic E-state index is 12.8. The number of nitrogens with zero attached hydrogens (tertiary/aromatic N) is 2. The van der Waals surface area contributed by atoms with Crippen LogP contribution >= 0.6 is 0 Å². The van der Waals surface area contributed by atoms with Gasteiger partial charge in [-0.1, -0.05) is 17.7 Å². The molecule has 1 aromatic heterocycles. The molecule has 31 heavy (non-hydrogen) atoms. The summed E-state index contributed by atoms with van der Waals surface area (Å²) in [5, 5.41) is 0. The number of aryl methyl sites for hydroxylation is 2. The summed E-state index contributed by atoms with van der Waals surface area (Å²) in [5.41, 5.74) is 5.90. The van der Waals surface area contributed by atoms with E-state index in [1.807, 2.05) is 11.0 Å². The Morgan fingerprint density at radius 2 is 1.55 bits per heavy atom. The standard InChI is InChI=1S/C26H36N4O/c1-21-6-9-25(10-7-21)30-22(2)20-24(23(30)3)8-11-26(31)29-18-16-28(17-19-29)15-14-27-12-4-5-13-27/h6-11,20H,4-5,12-19H2,1-3H3/p+2/b11-8+. The highest BCUT2D eigenvalue weighted by molar-refractivity contribution is 5.92. The number of aromatic nitrogens is 1. The first kappa shape index (κ1) is 21.8. The zero-order valence-electron chi connectivity index (χ0n) is 19.4. The lowest BCUT2D eigenvalue weighted by molar-refractivity contribution is -0.954. The van der Waals surface area contributed by atoms with E-state index in [0.29, 0.717) is 0 Å². The van der Waals surface area contributed by atoms with E-state index in [-0.39, 0.29) is 5.91 Å². The van der Waals surface area contributed by atoms with E-state index < -0.39 is 0 Å². The van der Waals surface area contributed by atoms with Gasteiger partial charge < -0.3 is 19.3 Å². The Kier molecular flexibility index (Phi) is 6.93. The fourth-order valence-corrected chi connectivity index (χ4v) is 5.09. The predicted molar refractivity (Wildman–Crippen MR) is 126 cm³/mol. The van der Waals surface area contributed by atoms with Crippen LogP contribution in [0.15, 0.2) is 36.4 Å². The molecule has 0 saturated carbocycles. The highest BCUT2D eigenvalue weighted by Gasteiger charge is 2.24. The van der Waals surface area contributed by atoms with Crippen LogP contribution in [0, 0.1) is 20.8 Å². The molecule has 0 radical (unpaired) electrons. The number of nitrogens with one attached hydrogen (secondary N) is 2. The predicted octanol–water partition coefficient (Wildman–Crippen LogP) is 0.822. The Morgan fingerprint density at radius 3 is 2.19 bits per heavy atom. The van der Waals surface area contributed by atoms with Crippen molar-refractivity contribution in [2.45, 2.75) is 33.6 Å². The van der Waals surface area contributed by atoms with Crippen molar-refractivity contribution in [1.29, 1.82) is 0 Å². The van der Waals surface area contributed by atoms with Crippen molar-refractivity contribution >= 4 is 12.0 Å². The normalized spacial score (nSPS) is 18.4. The lowest BCUT2D eigenvalue weighted by Gasteiger charge is -2.31. The molecule has 0 bridgehead atoms. The summed E-state index contributed by atoms with van der Waals surface area (Å²) in [6, 6.07) is 10.8. The monoisotopic (exact) mass is 422 g/mol. The Bertz CT molecular complexity index is 914. The van der Waals surface area contributed by atoms with Gasteiger partial charge in [0.25, 0.3) is 0 Å². The van der Waals surface area contributed by atoms with Crippen LogP contribution in [0.25, 0.3) is 11.8 Å². The van der Waals surface area contributed by atoms with Gasteiger partial charge in [-0.2, -0.15) is 0 Å². The van der Waals surface area contributed by atoms with E-state index in [9.17, 15) is 4.79 Å². The third-order valence-electron chi connectivity index (χ3n) is 7.09. The number of benzene rings is 1. The fraction of sp³-hybridized carbons (Fsp3) is 0.500. The molecule has 4 rings (SSSR count). The van der Waals surface area contributed by atoms with Gasteiger partial charge >= 0.3 is 0 Å². The van der Waals surface area contributed by atoms with Gasteiger partial charge in [0.2, 0.25) is 5.91 Å². The minimum atomic E-state index is 0.143. The molecular formula is C26H38N4O+2. The van der Waals surface area contributed by atoms with Crippen LogP contribution in [0.2, 0.25) is 0 Å². The van der Waals surface area contributed by atoms with Crippen molar-refractivity contribution in [3.05, 3.63) is 58.9 Å². The van der Waals surface area contributed by atoms with Crippen LogP contribution in [-0.2, 0) is 4.79 Å². The second-order valence-corrected chi connectivity index (χ2v) is 9.36. The maximum atomic E-state index is 12.8. The Morgan fingerprint density at radius 1 is 0.935 bits per heavy atom. The van der Waals surface area contributed by atoms with Gasteiger partial charge in [0.15, 0.2) is 0 Å². The molecule has 2 aliphatic heterocycles. The van der Waals surface area contributed by atoms with Gasteiger partial charge in [-0.15, -0.1) is 0 Å². The number of hydrogen-bond donors (Lipinski definition) is 2. The second-order valence-electron chi connectivity index (χ2n) is 9.36. The summed E-state index contributed by atoms with van der Waals surface area (Å²) in [4.78, 5) is 18.2. The molecule has 3 heterocycles. The zero-order valence-corrected chi connectivity index (χ0v) is 19.4. The maximum Gasteiger partial charge on any atom is 0.246 e. The van der Waals surface area contributed by atoms with Crippen LogP contribution in [-0.4, -0.2) is 67.7 Å². The smallest absolute Gasteiger partial charge is 0.246 e. The van der Waals surface area contributed by atoms with Crippen molar-refractivity contribution in [2.24, 2.45) is 0 Å². The van der Waals surface area contributed by atoms with Crippen molar-refractivity contribution in [3.63, 3.8) is 0 Å². The van der Waals surface area contributed by atoms with Crippen LogP contribution in [0.5, 0.6) is 0 Å². The number of carbonyl (C=O) groups excluding carboxylic acids is 1. The summed E-state index contributed by atoms with van der Waals surface area (Å²) in [6.45, 7) is 15.5. The van der Waals surface area contributed by atoms with E-state index in [2.05, 4.69) is 55.7 Å². The SMILES string of the molecule is Cc1ccc(-n2c(C)cc(/C=C/C(=O)N3CC[NH+](CC[NH+]4CCCC4)CC3)c2C)cc1. The minimum absolute atomic E-state index is 0.143. The number of amides is 1. The average Bonchev–Trinajstić information content (AvgIpc) is 3.39. The number of likely N-dealkylation sites (tertiary alicyclic amines) is 1. The Hall–Kier alpha value is -2.37. The van der Waals surface area contributed by atoms with E-state index >= 15 is 0 Å². The molecule has 2 fully saturated rings. The summed E-state index contributed by atoms with van der Waals surface area (Å²) >= 11 is 0. The summed E-state index contributed by atoms with van der Waals surface area (Å²) in [7, 11) is 0. The molecule has 0 spiro atoms. The molecule has 0 aliphatic carbocycles. The number of quaternary nitrogens is 2. The molecule has 166 valence electrons. The molecule has 5 nitrogen and oxygen atoms in total. The summed E-state index contributed by atoms with van der Waals surface area (Å²) < 4.78 is 2.26. The van der Waals surface area contributed by atoms with Gasteiger partial charge in [-0.3, -0.25) is 4.79 Å². The van der Waals surface area contributed by atoms with Crippen molar-refractivity contribution in [2.75, 3.05) is 52.4 Å². The largest absolute Gasteiger partial charge is 0.330 e. The summed E-state index contributed by atoms with van der Waals surface area (Å²) in [5.74, 6) is 0.143. The molecule has 0 unspecified atom stereocenters. The van der Waals surface area contributed by atoms with Gasteiger partial charge in [-0.05, 0) is 50.6 Å². The lowest BCUT2D eigenvalue weighted by atomic mass is 10.2.